The molecule has 2 N–H and O–H groups in total. The van der Waals surface area contributed by atoms with E-state index in [1.807, 2.05) is 44.2 Å². The van der Waals surface area contributed by atoms with E-state index in [-0.39, 0.29) is 31.0 Å². The maximum Gasteiger partial charge on any atom is 0.264 e. The van der Waals surface area contributed by atoms with Gasteiger partial charge in [0.05, 0.1) is 11.7 Å². The number of likely N-dealkylation sites (N-methyl/N-ethyl adjacent to an activating group) is 1. The molecule has 2 aromatic rings. The summed E-state index contributed by atoms with van der Waals surface area (Å²) >= 11 is 0. The van der Waals surface area contributed by atoms with Crippen LogP contribution in [0.3, 0.4) is 0 Å². The van der Waals surface area contributed by atoms with Crippen LogP contribution in [0.1, 0.15) is 31.0 Å². The van der Waals surface area contributed by atoms with Crippen molar-refractivity contribution in [3.05, 3.63) is 53.6 Å². The number of nitrogens with zero attached hydrogens (tertiary/aromatic N) is 1. The Kier molecular flexibility index (Phi) is 6.08. The van der Waals surface area contributed by atoms with Gasteiger partial charge in [-0.2, -0.15) is 0 Å². The Bertz CT molecular complexity index is 888. The number of hydrogen-bond donors (Lipinski definition) is 2. The van der Waals surface area contributed by atoms with Crippen LogP contribution < -0.4 is 19.7 Å². The largest absolute Gasteiger partial charge is 0.485 e. The minimum Gasteiger partial charge on any atom is -0.485 e. The van der Waals surface area contributed by atoms with E-state index in [0.29, 0.717) is 17.2 Å². The first kappa shape index (κ1) is 21.4. The zero-order valence-electron chi connectivity index (χ0n) is 16.8. The van der Waals surface area contributed by atoms with Gasteiger partial charge in [-0.3, -0.25) is 4.79 Å². The Balaban J connectivity index is 0.00000240. The third-order valence-corrected chi connectivity index (χ3v) is 5.53. The van der Waals surface area contributed by atoms with Gasteiger partial charge in [-0.25, -0.2) is 0 Å². The molecule has 0 saturated heterocycles. The molecule has 7 heteroatoms. The van der Waals surface area contributed by atoms with Crippen LogP contribution in [0, 0.1) is 0 Å². The zero-order chi connectivity index (χ0) is 19.9. The Morgan fingerprint density at radius 1 is 1.21 bits per heavy atom. The van der Waals surface area contributed by atoms with E-state index in [9.17, 15) is 9.90 Å². The summed E-state index contributed by atoms with van der Waals surface area (Å²) < 4.78 is 11.7. The maximum atomic E-state index is 12.0. The first-order valence-corrected chi connectivity index (χ1v) is 9.58. The lowest BCUT2D eigenvalue weighted by molar-refractivity contribution is -0.121. The number of benzene rings is 2. The Morgan fingerprint density at radius 3 is 2.66 bits per heavy atom. The van der Waals surface area contributed by atoms with Crippen molar-refractivity contribution in [1.29, 1.82) is 0 Å². The molecule has 0 bridgehead atoms. The first-order valence-electron chi connectivity index (χ1n) is 9.58. The molecule has 6 nitrogen and oxygen atoms in total. The van der Waals surface area contributed by atoms with Crippen LogP contribution in [-0.2, 0) is 11.2 Å². The number of halogens is 1. The molecule has 0 aromatic heterocycles. The first-order chi connectivity index (χ1) is 13.4. The summed E-state index contributed by atoms with van der Waals surface area (Å²) in [4.78, 5) is 13.5. The summed E-state index contributed by atoms with van der Waals surface area (Å²) in [7, 11) is 1.73. The minimum atomic E-state index is -0.760. The highest BCUT2D eigenvalue weighted by molar-refractivity contribution is 5.97. The molecule has 156 valence electrons. The molecule has 2 heterocycles. The zero-order valence-corrected chi connectivity index (χ0v) is 17.7. The molecule has 2 aliphatic rings. The fourth-order valence-corrected chi connectivity index (χ4v) is 3.80. The van der Waals surface area contributed by atoms with Crippen molar-refractivity contribution in [2.45, 2.75) is 38.0 Å². The topological polar surface area (TPSA) is 71.0 Å². The van der Waals surface area contributed by atoms with Gasteiger partial charge in [-0.05, 0) is 38.4 Å². The molecule has 0 saturated carbocycles. The van der Waals surface area contributed by atoms with Crippen molar-refractivity contribution < 1.29 is 19.4 Å². The van der Waals surface area contributed by atoms with Crippen LogP contribution in [0.4, 0.5) is 5.69 Å². The van der Waals surface area contributed by atoms with Gasteiger partial charge in [0, 0.05) is 18.7 Å². The van der Waals surface area contributed by atoms with Crippen LogP contribution in [0.25, 0.3) is 0 Å². The fraction of sp³-hybridized carbons (Fsp3) is 0.409. The lowest BCUT2D eigenvalue weighted by atomic mass is 9.86. The minimum absolute atomic E-state index is 0. The number of ether oxygens (including phenoxy) is 2. The molecule has 4 rings (SSSR count). The molecule has 0 aliphatic carbocycles. The lowest BCUT2D eigenvalue weighted by Crippen LogP contribution is -2.53. The van der Waals surface area contributed by atoms with E-state index in [1.165, 1.54) is 5.56 Å². The molecule has 2 atom stereocenters. The molecule has 2 unspecified atom stereocenters. The molecule has 1 amide bonds. The Labute approximate surface area is 177 Å². The van der Waals surface area contributed by atoms with E-state index >= 15 is 0 Å². The van der Waals surface area contributed by atoms with Crippen molar-refractivity contribution in [2.24, 2.45) is 0 Å². The number of aliphatic hydroxyl groups is 1. The predicted molar refractivity (Wildman–Crippen MR) is 114 cm³/mol. The highest BCUT2D eigenvalue weighted by Crippen LogP contribution is 2.46. The van der Waals surface area contributed by atoms with Crippen molar-refractivity contribution in [3.63, 3.8) is 0 Å². The smallest absolute Gasteiger partial charge is 0.264 e. The predicted octanol–water partition coefficient (Wildman–Crippen LogP) is 2.87. The Morgan fingerprint density at radius 2 is 1.93 bits per heavy atom. The van der Waals surface area contributed by atoms with Crippen LogP contribution in [0.15, 0.2) is 42.5 Å². The van der Waals surface area contributed by atoms with Crippen molar-refractivity contribution in [2.75, 3.05) is 25.1 Å². The second-order valence-electron chi connectivity index (χ2n) is 7.92. The number of carbonyl (C=O) groups is 1. The lowest BCUT2D eigenvalue weighted by Gasteiger charge is -2.43. The normalized spacial score (nSPS) is 21.9. The maximum absolute atomic E-state index is 12.0. The second kappa shape index (κ2) is 8.22. The summed E-state index contributed by atoms with van der Waals surface area (Å²) in [5.41, 5.74) is 2.01. The van der Waals surface area contributed by atoms with Gasteiger partial charge >= 0.3 is 0 Å². The summed E-state index contributed by atoms with van der Waals surface area (Å²) in [5.74, 6) is 1.20. The summed E-state index contributed by atoms with van der Waals surface area (Å²) in [6, 6.07) is 13.7. The third-order valence-electron chi connectivity index (χ3n) is 5.53. The van der Waals surface area contributed by atoms with E-state index in [0.717, 1.165) is 18.5 Å². The fourth-order valence-electron chi connectivity index (χ4n) is 3.80. The average molecular weight is 419 g/mol. The number of fused-ring (bicyclic) bond motifs is 2. The molecule has 2 aliphatic heterocycles. The molecular formula is C22H27ClN2O4. The van der Waals surface area contributed by atoms with Gasteiger partial charge in [-0.15, -0.1) is 12.4 Å². The van der Waals surface area contributed by atoms with Crippen LogP contribution in [0.5, 0.6) is 11.5 Å². The van der Waals surface area contributed by atoms with Gasteiger partial charge in [0.15, 0.2) is 6.61 Å². The van der Waals surface area contributed by atoms with Crippen molar-refractivity contribution in [1.82, 2.24) is 5.32 Å². The van der Waals surface area contributed by atoms with Gasteiger partial charge in [0.25, 0.3) is 5.91 Å². The SMILES string of the molecule is CN1C(=O)COc2cc3c(cc21)OC(C)(C)C(O)C3NCCc1ccccc1.Cl. The molecule has 29 heavy (non-hydrogen) atoms. The van der Waals surface area contributed by atoms with Crippen LogP contribution >= 0.6 is 12.4 Å². The van der Waals surface area contributed by atoms with E-state index < -0.39 is 11.7 Å². The number of nitrogens with one attached hydrogen (secondary N) is 1. The van der Waals surface area contributed by atoms with E-state index in [2.05, 4.69) is 17.4 Å². The number of aliphatic hydroxyl groups excluding tert-OH is 1. The second-order valence-corrected chi connectivity index (χ2v) is 7.92. The number of hydrogen-bond acceptors (Lipinski definition) is 5. The summed E-state index contributed by atoms with van der Waals surface area (Å²) in [6.45, 7) is 4.48. The van der Waals surface area contributed by atoms with E-state index in [4.69, 9.17) is 9.47 Å². The Hall–Kier alpha value is -2.28. The highest BCUT2D eigenvalue weighted by atomic mass is 35.5. The van der Waals surface area contributed by atoms with Gasteiger partial charge in [0.2, 0.25) is 0 Å². The third kappa shape index (κ3) is 4.06. The average Bonchev–Trinajstić information content (AvgIpc) is 2.68. The number of anilines is 1. The molecule has 2 aromatic carbocycles. The number of amides is 1. The molecule has 0 fully saturated rings. The standard InChI is InChI=1S/C22H26N2O4.ClH/c1-22(2)21(26)20(23-10-9-14-7-5-4-6-8-14)15-11-18-16(12-17(15)28-22)24(3)19(25)13-27-18;/h4-8,11-12,20-21,23,26H,9-10,13H2,1-3H3;1H. The van der Waals surface area contributed by atoms with Gasteiger partial charge in [-0.1, -0.05) is 30.3 Å². The quantitative estimate of drug-likeness (QED) is 0.798. The molecule has 0 radical (unpaired) electrons. The van der Waals surface area contributed by atoms with Crippen LogP contribution in [0.2, 0.25) is 0 Å². The number of carbonyl (C=O) groups excluding carboxylic acids is 1. The van der Waals surface area contributed by atoms with Crippen molar-refractivity contribution in [3.8, 4) is 11.5 Å². The highest BCUT2D eigenvalue weighted by Gasteiger charge is 2.43. The van der Waals surface area contributed by atoms with E-state index in [1.54, 1.807) is 11.9 Å². The molecular weight excluding hydrogens is 392 g/mol. The van der Waals surface area contributed by atoms with Gasteiger partial charge < -0.3 is 24.8 Å². The molecule has 0 spiro atoms. The summed E-state index contributed by atoms with van der Waals surface area (Å²) in [6.07, 6.45) is 0.135. The van der Waals surface area contributed by atoms with Crippen LogP contribution in [-0.4, -0.2) is 42.9 Å². The summed E-state index contributed by atoms with van der Waals surface area (Å²) in [5, 5.41) is 14.4. The van der Waals surface area contributed by atoms with Crippen molar-refractivity contribution >= 4 is 24.0 Å². The van der Waals surface area contributed by atoms with Gasteiger partial charge in [0.1, 0.15) is 23.2 Å². The number of rotatable bonds is 4. The monoisotopic (exact) mass is 418 g/mol.